The molecule has 0 amide bonds. The van der Waals surface area contributed by atoms with Crippen LogP contribution in [0.5, 0.6) is 0 Å². The molecular weight excluding hydrogens is 205 g/mol. The zero-order valence-corrected chi connectivity index (χ0v) is 9.37. The molecule has 4 heteroatoms. The maximum atomic E-state index is 13.4. The van der Waals surface area contributed by atoms with Crippen molar-refractivity contribution in [1.29, 1.82) is 0 Å². The van der Waals surface area contributed by atoms with E-state index in [0.29, 0.717) is 5.56 Å². The summed E-state index contributed by atoms with van der Waals surface area (Å²) in [6.45, 7) is 2.02. The first kappa shape index (κ1) is 10.7. The number of nitrogen functional groups attached to an aromatic ring is 1. The summed E-state index contributed by atoms with van der Waals surface area (Å²) in [5.74, 6) is -0.386. The van der Waals surface area contributed by atoms with Gasteiger partial charge in [0.2, 0.25) is 0 Å². The van der Waals surface area contributed by atoms with Crippen LogP contribution in [0.25, 0.3) is 11.1 Å². The Morgan fingerprint density at radius 1 is 1.38 bits per heavy atom. The van der Waals surface area contributed by atoms with Crippen LogP contribution < -0.4 is 5.73 Å². The number of aromatic nitrogens is 2. The first-order chi connectivity index (χ1) is 7.63. The second-order valence-corrected chi connectivity index (χ2v) is 3.72. The highest BCUT2D eigenvalue weighted by molar-refractivity contribution is 5.77. The Bertz CT molecular complexity index is 517. The maximum absolute atomic E-state index is 13.4. The molecule has 0 aliphatic heterocycles. The zero-order valence-electron chi connectivity index (χ0n) is 9.37. The summed E-state index contributed by atoms with van der Waals surface area (Å²) in [5, 5.41) is 4.31. The largest absolute Gasteiger partial charge is 0.396 e. The lowest BCUT2D eigenvalue weighted by Gasteiger charge is -2.05. The van der Waals surface area contributed by atoms with E-state index < -0.39 is 0 Å². The van der Waals surface area contributed by atoms with Crippen LogP contribution in [0, 0.1) is 5.82 Å². The number of para-hydroxylation sites is 1. The summed E-state index contributed by atoms with van der Waals surface area (Å²) in [5.41, 5.74) is 8.47. The standard InChI is InChI=1S/C12H14FN3/c1-3-11-9(7-16(2)15-11)8-5-4-6-10(13)12(8)14/h4-7H,3,14H2,1-2H3. The molecule has 0 bridgehead atoms. The second kappa shape index (κ2) is 3.96. The van der Waals surface area contributed by atoms with E-state index in [1.807, 2.05) is 26.2 Å². The fourth-order valence-electron chi connectivity index (χ4n) is 1.79. The molecule has 0 saturated heterocycles. The Kier molecular flexibility index (Phi) is 2.64. The van der Waals surface area contributed by atoms with Gasteiger partial charge in [-0.05, 0) is 12.5 Å². The smallest absolute Gasteiger partial charge is 0.146 e. The van der Waals surface area contributed by atoms with Crippen molar-refractivity contribution in [1.82, 2.24) is 9.78 Å². The van der Waals surface area contributed by atoms with E-state index in [4.69, 9.17) is 5.73 Å². The lowest BCUT2D eigenvalue weighted by molar-refractivity contribution is 0.633. The van der Waals surface area contributed by atoms with Crippen molar-refractivity contribution in [2.75, 3.05) is 5.73 Å². The van der Waals surface area contributed by atoms with Gasteiger partial charge in [0.1, 0.15) is 5.82 Å². The van der Waals surface area contributed by atoms with Crippen LogP contribution in [0.3, 0.4) is 0 Å². The molecule has 0 atom stereocenters. The van der Waals surface area contributed by atoms with Crippen LogP contribution in [-0.2, 0) is 13.5 Å². The SMILES string of the molecule is CCc1nn(C)cc1-c1cccc(F)c1N. The van der Waals surface area contributed by atoms with Crippen molar-refractivity contribution in [2.24, 2.45) is 7.05 Å². The number of hydrogen-bond donors (Lipinski definition) is 1. The third-order valence-corrected chi connectivity index (χ3v) is 2.58. The normalized spacial score (nSPS) is 10.7. The Balaban J connectivity index is 2.62. The van der Waals surface area contributed by atoms with E-state index in [0.717, 1.165) is 17.7 Å². The molecule has 2 aromatic rings. The van der Waals surface area contributed by atoms with Gasteiger partial charge in [0.15, 0.2) is 0 Å². The van der Waals surface area contributed by atoms with Crippen molar-refractivity contribution in [3.63, 3.8) is 0 Å². The average Bonchev–Trinajstić information content (AvgIpc) is 2.63. The highest BCUT2D eigenvalue weighted by Gasteiger charge is 2.12. The Hall–Kier alpha value is -1.84. The van der Waals surface area contributed by atoms with Gasteiger partial charge in [-0.1, -0.05) is 19.1 Å². The first-order valence-electron chi connectivity index (χ1n) is 5.20. The molecule has 0 saturated carbocycles. The lowest BCUT2D eigenvalue weighted by Crippen LogP contribution is -1.95. The fraction of sp³-hybridized carbons (Fsp3) is 0.250. The molecule has 3 nitrogen and oxygen atoms in total. The Morgan fingerprint density at radius 2 is 2.12 bits per heavy atom. The van der Waals surface area contributed by atoms with Gasteiger partial charge in [-0.2, -0.15) is 5.10 Å². The molecular formula is C12H14FN3. The minimum Gasteiger partial charge on any atom is -0.396 e. The van der Waals surface area contributed by atoms with Crippen LogP contribution in [0.15, 0.2) is 24.4 Å². The number of halogens is 1. The summed E-state index contributed by atoms with van der Waals surface area (Å²) in [6, 6.07) is 4.84. The molecule has 16 heavy (non-hydrogen) atoms. The van der Waals surface area contributed by atoms with Gasteiger partial charge in [-0.15, -0.1) is 0 Å². The number of nitrogens with zero attached hydrogens (tertiary/aromatic N) is 2. The van der Waals surface area contributed by atoms with Gasteiger partial charge in [-0.3, -0.25) is 4.68 Å². The predicted molar refractivity (Wildman–Crippen MR) is 62.4 cm³/mol. The van der Waals surface area contributed by atoms with Crippen LogP contribution in [-0.4, -0.2) is 9.78 Å². The quantitative estimate of drug-likeness (QED) is 0.788. The summed E-state index contributed by atoms with van der Waals surface area (Å²) in [7, 11) is 1.85. The molecule has 2 rings (SSSR count). The van der Waals surface area contributed by atoms with Crippen molar-refractivity contribution in [3.8, 4) is 11.1 Å². The maximum Gasteiger partial charge on any atom is 0.146 e. The molecule has 1 aromatic heterocycles. The van der Waals surface area contributed by atoms with Crippen molar-refractivity contribution >= 4 is 5.69 Å². The summed E-state index contributed by atoms with van der Waals surface area (Å²) >= 11 is 0. The van der Waals surface area contributed by atoms with Crippen molar-refractivity contribution in [3.05, 3.63) is 35.9 Å². The number of rotatable bonds is 2. The summed E-state index contributed by atoms with van der Waals surface area (Å²) in [6.07, 6.45) is 2.66. The van der Waals surface area contributed by atoms with E-state index in [9.17, 15) is 4.39 Å². The van der Waals surface area contributed by atoms with E-state index in [1.54, 1.807) is 10.7 Å². The van der Waals surface area contributed by atoms with E-state index >= 15 is 0 Å². The van der Waals surface area contributed by atoms with Gasteiger partial charge in [0.25, 0.3) is 0 Å². The molecule has 0 aliphatic rings. The van der Waals surface area contributed by atoms with E-state index in [2.05, 4.69) is 5.10 Å². The Morgan fingerprint density at radius 3 is 2.81 bits per heavy atom. The molecule has 0 fully saturated rings. The molecule has 2 N–H and O–H groups in total. The van der Waals surface area contributed by atoms with Gasteiger partial charge in [0.05, 0.1) is 11.4 Å². The highest BCUT2D eigenvalue weighted by atomic mass is 19.1. The predicted octanol–water partition coefficient (Wildman–Crippen LogP) is 2.37. The zero-order chi connectivity index (χ0) is 11.7. The van der Waals surface area contributed by atoms with Crippen LogP contribution >= 0.6 is 0 Å². The molecule has 1 aromatic carbocycles. The molecule has 84 valence electrons. The first-order valence-corrected chi connectivity index (χ1v) is 5.20. The van der Waals surface area contributed by atoms with Crippen LogP contribution in [0.1, 0.15) is 12.6 Å². The third kappa shape index (κ3) is 1.66. The molecule has 0 spiro atoms. The lowest BCUT2D eigenvalue weighted by atomic mass is 10.0. The van der Waals surface area contributed by atoms with Gasteiger partial charge in [0, 0.05) is 24.4 Å². The second-order valence-electron chi connectivity index (χ2n) is 3.72. The van der Waals surface area contributed by atoms with Gasteiger partial charge in [-0.25, -0.2) is 4.39 Å². The van der Waals surface area contributed by atoms with Crippen LogP contribution in [0.4, 0.5) is 10.1 Å². The number of aryl methyl sites for hydroxylation is 2. The van der Waals surface area contributed by atoms with Gasteiger partial charge < -0.3 is 5.73 Å². The minimum absolute atomic E-state index is 0.185. The van der Waals surface area contributed by atoms with Crippen LogP contribution in [0.2, 0.25) is 0 Å². The summed E-state index contributed by atoms with van der Waals surface area (Å²) in [4.78, 5) is 0. The van der Waals surface area contributed by atoms with E-state index in [1.165, 1.54) is 6.07 Å². The molecule has 0 unspecified atom stereocenters. The molecule has 0 radical (unpaired) electrons. The summed E-state index contributed by atoms with van der Waals surface area (Å²) < 4.78 is 15.1. The van der Waals surface area contributed by atoms with Gasteiger partial charge >= 0.3 is 0 Å². The highest BCUT2D eigenvalue weighted by Crippen LogP contribution is 2.30. The number of benzene rings is 1. The number of nitrogens with two attached hydrogens (primary N) is 1. The van der Waals surface area contributed by atoms with Crippen molar-refractivity contribution in [2.45, 2.75) is 13.3 Å². The Labute approximate surface area is 93.7 Å². The number of anilines is 1. The minimum atomic E-state index is -0.386. The number of hydrogen-bond acceptors (Lipinski definition) is 2. The van der Waals surface area contributed by atoms with Crippen molar-refractivity contribution < 1.29 is 4.39 Å². The monoisotopic (exact) mass is 219 g/mol. The molecule has 1 heterocycles. The topological polar surface area (TPSA) is 43.8 Å². The fourth-order valence-corrected chi connectivity index (χ4v) is 1.79. The third-order valence-electron chi connectivity index (χ3n) is 2.58. The van der Waals surface area contributed by atoms with E-state index in [-0.39, 0.29) is 11.5 Å². The molecule has 0 aliphatic carbocycles. The average molecular weight is 219 g/mol.